The molecule has 0 aliphatic heterocycles. The summed E-state index contributed by atoms with van der Waals surface area (Å²) in [5.74, 6) is -0.382. The standard InChI is InChI=1S/C12H12FN3O/c1-2-5-12-10(8-17)14-15-16(12)11-7-4-3-6-9(11)13/h3-4,6-8H,2,5H2,1H3. The molecule has 0 aliphatic rings. The number of aldehydes is 1. The Morgan fingerprint density at radius 1 is 1.41 bits per heavy atom. The van der Waals surface area contributed by atoms with Gasteiger partial charge in [-0.15, -0.1) is 5.10 Å². The number of nitrogens with zero attached hydrogens (tertiary/aromatic N) is 3. The lowest BCUT2D eigenvalue weighted by Crippen LogP contribution is -2.05. The van der Waals surface area contributed by atoms with Crippen molar-refractivity contribution in [3.05, 3.63) is 41.5 Å². The number of halogens is 1. The number of benzene rings is 1. The predicted molar refractivity (Wildman–Crippen MR) is 60.7 cm³/mol. The van der Waals surface area contributed by atoms with E-state index < -0.39 is 0 Å². The molecule has 1 aromatic carbocycles. The highest BCUT2D eigenvalue weighted by atomic mass is 19.1. The predicted octanol–water partition coefficient (Wildman–Crippen LogP) is 2.17. The molecule has 1 aromatic heterocycles. The molecule has 2 rings (SSSR count). The molecule has 88 valence electrons. The first-order chi connectivity index (χ1) is 8.27. The molecule has 0 bridgehead atoms. The van der Waals surface area contributed by atoms with Crippen LogP contribution in [0.15, 0.2) is 24.3 Å². The lowest BCUT2D eigenvalue weighted by molar-refractivity contribution is 0.111. The van der Waals surface area contributed by atoms with Gasteiger partial charge in [-0.25, -0.2) is 9.07 Å². The highest BCUT2D eigenvalue weighted by Crippen LogP contribution is 2.16. The van der Waals surface area contributed by atoms with Crippen LogP contribution < -0.4 is 0 Å². The van der Waals surface area contributed by atoms with Crippen LogP contribution in [0.2, 0.25) is 0 Å². The number of hydrogen-bond acceptors (Lipinski definition) is 3. The van der Waals surface area contributed by atoms with Crippen LogP contribution in [-0.2, 0) is 6.42 Å². The van der Waals surface area contributed by atoms with Gasteiger partial charge < -0.3 is 0 Å². The van der Waals surface area contributed by atoms with Crippen LogP contribution in [0.4, 0.5) is 4.39 Å². The Bertz CT molecular complexity index is 536. The van der Waals surface area contributed by atoms with Gasteiger partial charge in [-0.2, -0.15) is 0 Å². The van der Waals surface area contributed by atoms with Gasteiger partial charge in [0, 0.05) is 0 Å². The summed E-state index contributed by atoms with van der Waals surface area (Å²) in [4.78, 5) is 10.8. The second-order valence-corrected chi connectivity index (χ2v) is 3.65. The first-order valence-electron chi connectivity index (χ1n) is 5.42. The Morgan fingerprint density at radius 3 is 2.82 bits per heavy atom. The van der Waals surface area contributed by atoms with Crippen molar-refractivity contribution >= 4 is 6.29 Å². The monoisotopic (exact) mass is 233 g/mol. The van der Waals surface area contributed by atoms with Crippen LogP contribution >= 0.6 is 0 Å². The Kier molecular flexibility index (Phi) is 3.27. The number of hydrogen-bond donors (Lipinski definition) is 0. The fraction of sp³-hybridized carbons (Fsp3) is 0.250. The molecule has 0 aliphatic carbocycles. The van der Waals surface area contributed by atoms with E-state index in [0.29, 0.717) is 24.1 Å². The summed E-state index contributed by atoms with van der Waals surface area (Å²) in [7, 11) is 0. The number of aromatic nitrogens is 3. The van der Waals surface area contributed by atoms with E-state index in [1.807, 2.05) is 6.92 Å². The van der Waals surface area contributed by atoms with E-state index in [4.69, 9.17) is 0 Å². The molecule has 4 nitrogen and oxygen atoms in total. The van der Waals surface area contributed by atoms with E-state index in [0.717, 1.165) is 6.42 Å². The molecule has 0 saturated carbocycles. The van der Waals surface area contributed by atoms with Gasteiger partial charge in [0.15, 0.2) is 6.29 Å². The van der Waals surface area contributed by atoms with Gasteiger partial charge in [-0.3, -0.25) is 4.79 Å². The summed E-state index contributed by atoms with van der Waals surface area (Å²) in [6.07, 6.45) is 2.12. The Balaban J connectivity index is 2.55. The van der Waals surface area contributed by atoms with Crippen LogP contribution in [0.1, 0.15) is 29.5 Å². The maximum absolute atomic E-state index is 13.6. The number of carbonyl (C=O) groups is 1. The van der Waals surface area contributed by atoms with Crippen LogP contribution in [-0.4, -0.2) is 21.3 Å². The molecule has 0 spiro atoms. The summed E-state index contributed by atoms with van der Waals surface area (Å²) in [6.45, 7) is 1.98. The average Bonchev–Trinajstić information content (AvgIpc) is 2.73. The van der Waals surface area contributed by atoms with Gasteiger partial charge in [-0.1, -0.05) is 30.7 Å². The summed E-state index contributed by atoms with van der Waals surface area (Å²) in [6, 6.07) is 6.29. The highest BCUT2D eigenvalue weighted by Gasteiger charge is 2.14. The molecule has 0 N–H and O–H groups in total. The molecular weight excluding hydrogens is 221 g/mol. The normalized spacial score (nSPS) is 10.5. The van der Waals surface area contributed by atoms with E-state index in [1.165, 1.54) is 10.7 Å². The third-order valence-electron chi connectivity index (χ3n) is 2.47. The first-order valence-corrected chi connectivity index (χ1v) is 5.42. The zero-order chi connectivity index (χ0) is 12.3. The Morgan fingerprint density at radius 2 is 2.18 bits per heavy atom. The molecule has 0 unspecified atom stereocenters. The third kappa shape index (κ3) is 2.08. The Labute approximate surface area is 98.1 Å². The smallest absolute Gasteiger partial charge is 0.172 e. The van der Waals surface area contributed by atoms with Crippen molar-refractivity contribution in [1.82, 2.24) is 15.0 Å². The molecule has 0 amide bonds. The summed E-state index contributed by atoms with van der Waals surface area (Å²) < 4.78 is 15.0. The van der Waals surface area contributed by atoms with Gasteiger partial charge in [-0.05, 0) is 18.6 Å². The van der Waals surface area contributed by atoms with E-state index in [1.54, 1.807) is 18.2 Å². The molecule has 1 heterocycles. The van der Waals surface area contributed by atoms with Crippen molar-refractivity contribution in [3.63, 3.8) is 0 Å². The lowest BCUT2D eigenvalue weighted by atomic mass is 10.2. The second-order valence-electron chi connectivity index (χ2n) is 3.65. The van der Waals surface area contributed by atoms with Gasteiger partial charge >= 0.3 is 0 Å². The first kappa shape index (κ1) is 11.4. The van der Waals surface area contributed by atoms with Gasteiger partial charge in [0.1, 0.15) is 17.2 Å². The van der Waals surface area contributed by atoms with Crippen LogP contribution in [0, 0.1) is 5.82 Å². The van der Waals surface area contributed by atoms with Crippen molar-refractivity contribution in [2.75, 3.05) is 0 Å². The topological polar surface area (TPSA) is 47.8 Å². The largest absolute Gasteiger partial charge is 0.296 e. The molecule has 0 saturated heterocycles. The van der Waals surface area contributed by atoms with Gasteiger partial charge in [0.2, 0.25) is 0 Å². The maximum Gasteiger partial charge on any atom is 0.172 e. The van der Waals surface area contributed by atoms with E-state index in [9.17, 15) is 9.18 Å². The van der Waals surface area contributed by atoms with Crippen molar-refractivity contribution in [3.8, 4) is 5.69 Å². The molecule has 0 radical (unpaired) electrons. The maximum atomic E-state index is 13.6. The van der Waals surface area contributed by atoms with Crippen LogP contribution in [0.25, 0.3) is 5.69 Å². The minimum Gasteiger partial charge on any atom is -0.296 e. The number of rotatable bonds is 4. The van der Waals surface area contributed by atoms with Gasteiger partial charge in [0.05, 0.1) is 5.69 Å². The fourth-order valence-corrected chi connectivity index (χ4v) is 1.69. The van der Waals surface area contributed by atoms with Crippen molar-refractivity contribution in [2.45, 2.75) is 19.8 Å². The van der Waals surface area contributed by atoms with Crippen LogP contribution in [0.3, 0.4) is 0 Å². The minimum absolute atomic E-state index is 0.273. The van der Waals surface area contributed by atoms with E-state index in [-0.39, 0.29) is 11.5 Å². The fourth-order valence-electron chi connectivity index (χ4n) is 1.69. The van der Waals surface area contributed by atoms with E-state index >= 15 is 0 Å². The SMILES string of the molecule is CCCc1c(C=O)nnn1-c1ccccc1F. The van der Waals surface area contributed by atoms with Crippen LogP contribution in [0.5, 0.6) is 0 Å². The average molecular weight is 233 g/mol. The highest BCUT2D eigenvalue weighted by molar-refractivity contribution is 5.73. The zero-order valence-corrected chi connectivity index (χ0v) is 9.43. The van der Waals surface area contributed by atoms with Crippen molar-refractivity contribution < 1.29 is 9.18 Å². The third-order valence-corrected chi connectivity index (χ3v) is 2.47. The molecule has 0 fully saturated rings. The molecule has 5 heteroatoms. The quantitative estimate of drug-likeness (QED) is 0.760. The summed E-state index contributed by atoms with van der Waals surface area (Å²) >= 11 is 0. The molecule has 2 aromatic rings. The van der Waals surface area contributed by atoms with Crippen molar-refractivity contribution in [2.24, 2.45) is 0 Å². The molecular formula is C12H12FN3O. The summed E-state index contributed by atoms with van der Waals surface area (Å²) in [5.41, 5.74) is 1.24. The minimum atomic E-state index is -0.382. The lowest BCUT2D eigenvalue weighted by Gasteiger charge is -2.06. The Hall–Kier alpha value is -2.04. The molecule has 17 heavy (non-hydrogen) atoms. The molecule has 0 atom stereocenters. The second kappa shape index (κ2) is 4.86. The number of para-hydroxylation sites is 1. The zero-order valence-electron chi connectivity index (χ0n) is 9.43. The van der Waals surface area contributed by atoms with Crippen molar-refractivity contribution in [1.29, 1.82) is 0 Å². The number of carbonyl (C=O) groups excluding carboxylic acids is 1. The van der Waals surface area contributed by atoms with Gasteiger partial charge in [0.25, 0.3) is 0 Å². The van der Waals surface area contributed by atoms with E-state index in [2.05, 4.69) is 10.3 Å². The summed E-state index contributed by atoms with van der Waals surface area (Å²) in [5, 5.41) is 7.58.